The van der Waals surface area contributed by atoms with Crippen LogP contribution in [0.25, 0.3) is 11.3 Å². The summed E-state index contributed by atoms with van der Waals surface area (Å²) in [4.78, 5) is 25.0. The van der Waals surface area contributed by atoms with Gasteiger partial charge >= 0.3 is 0 Å². The fraction of sp³-hybridized carbons (Fsp3) is 0.500. The maximum atomic E-state index is 12.7. The van der Waals surface area contributed by atoms with E-state index in [1.54, 1.807) is 0 Å². The summed E-state index contributed by atoms with van der Waals surface area (Å²) in [5.74, 6) is 1.25. The third-order valence-corrected chi connectivity index (χ3v) is 5.60. The molecule has 1 aromatic carbocycles. The molecule has 1 aromatic heterocycles. The predicted molar refractivity (Wildman–Crippen MR) is 97.9 cm³/mol. The molecule has 2 atom stereocenters. The van der Waals surface area contributed by atoms with Crippen LogP contribution in [-0.4, -0.2) is 52.4 Å². The van der Waals surface area contributed by atoms with E-state index in [0.717, 1.165) is 43.1 Å². The van der Waals surface area contributed by atoms with Gasteiger partial charge in [-0.05, 0) is 37.9 Å². The number of carbonyl (C=O) groups excluding carboxylic acids is 1. The van der Waals surface area contributed by atoms with E-state index >= 15 is 0 Å². The second-order valence-corrected chi connectivity index (χ2v) is 7.31. The van der Waals surface area contributed by atoms with Crippen LogP contribution in [-0.2, 0) is 4.79 Å². The van der Waals surface area contributed by atoms with Gasteiger partial charge in [0.2, 0.25) is 5.91 Å². The zero-order valence-corrected chi connectivity index (χ0v) is 14.8. The van der Waals surface area contributed by atoms with Gasteiger partial charge in [-0.2, -0.15) is 0 Å². The molecule has 0 unspecified atom stereocenters. The second-order valence-electron chi connectivity index (χ2n) is 7.31. The molecule has 25 heavy (non-hydrogen) atoms. The Morgan fingerprint density at radius 1 is 1.16 bits per heavy atom. The highest BCUT2D eigenvalue weighted by molar-refractivity contribution is 5.81. The van der Waals surface area contributed by atoms with E-state index in [2.05, 4.69) is 27.0 Å². The van der Waals surface area contributed by atoms with Crippen molar-refractivity contribution in [1.82, 2.24) is 19.8 Å². The van der Waals surface area contributed by atoms with E-state index in [9.17, 15) is 4.79 Å². The number of hydrogen-bond donors (Lipinski definition) is 1. The number of imidazole rings is 1. The number of benzene rings is 1. The summed E-state index contributed by atoms with van der Waals surface area (Å²) < 4.78 is 0. The van der Waals surface area contributed by atoms with E-state index < -0.39 is 0 Å². The summed E-state index contributed by atoms with van der Waals surface area (Å²) in [7, 11) is 1.91. The third-order valence-electron chi connectivity index (χ3n) is 5.60. The van der Waals surface area contributed by atoms with Gasteiger partial charge in [-0.25, -0.2) is 4.98 Å². The van der Waals surface area contributed by atoms with Gasteiger partial charge < -0.3 is 14.8 Å². The van der Waals surface area contributed by atoms with Gasteiger partial charge in [0, 0.05) is 13.6 Å². The summed E-state index contributed by atoms with van der Waals surface area (Å²) >= 11 is 0. The van der Waals surface area contributed by atoms with Crippen LogP contribution in [0.3, 0.4) is 0 Å². The number of piperidine rings is 1. The van der Waals surface area contributed by atoms with Crippen molar-refractivity contribution in [2.75, 3.05) is 26.7 Å². The first-order valence-corrected chi connectivity index (χ1v) is 9.32. The number of carbonyl (C=O) groups is 1. The molecule has 2 fully saturated rings. The number of aromatic amines is 1. The van der Waals surface area contributed by atoms with Crippen LogP contribution < -0.4 is 0 Å². The van der Waals surface area contributed by atoms with Crippen molar-refractivity contribution in [2.45, 2.75) is 31.7 Å². The zero-order valence-electron chi connectivity index (χ0n) is 14.8. The number of hydrogen-bond acceptors (Lipinski definition) is 3. The van der Waals surface area contributed by atoms with Crippen molar-refractivity contribution >= 4 is 5.91 Å². The fourth-order valence-electron chi connectivity index (χ4n) is 4.14. The lowest BCUT2D eigenvalue weighted by Gasteiger charge is -2.28. The quantitative estimate of drug-likeness (QED) is 0.932. The van der Waals surface area contributed by atoms with Gasteiger partial charge in [0.1, 0.15) is 5.82 Å². The number of aromatic nitrogens is 2. The highest BCUT2D eigenvalue weighted by atomic mass is 16.2. The lowest BCUT2D eigenvalue weighted by molar-refractivity contribution is -0.131. The Labute approximate surface area is 149 Å². The van der Waals surface area contributed by atoms with E-state index in [1.807, 2.05) is 36.3 Å². The number of amides is 1. The molecule has 0 bridgehead atoms. The van der Waals surface area contributed by atoms with E-state index in [-0.39, 0.29) is 17.9 Å². The van der Waals surface area contributed by atoms with Crippen LogP contribution in [0.5, 0.6) is 0 Å². The van der Waals surface area contributed by atoms with Crippen molar-refractivity contribution < 1.29 is 4.79 Å². The molecule has 2 aliphatic rings. The molecule has 2 aliphatic heterocycles. The Morgan fingerprint density at radius 3 is 2.68 bits per heavy atom. The van der Waals surface area contributed by atoms with Crippen LogP contribution in [0, 0.1) is 5.92 Å². The molecule has 2 aromatic rings. The first-order valence-electron chi connectivity index (χ1n) is 9.32. The molecule has 1 N–H and O–H groups in total. The van der Waals surface area contributed by atoms with Crippen LogP contribution in [0.15, 0.2) is 36.5 Å². The molecular formula is C20H26N4O. The number of nitrogens with zero attached hydrogens (tertiary/aromatic N) is 3. The van der Waals surface area contributed by atoms with Crippen molar-refractivity contribution in [3.8, 4) is 11.3 Å². The molecule has 2 saturated heterocycles. The normalized spacial score (nSPS) is 24.8. The molecule has 0 spiro atoms. The molecule has 132 valence electrons. The number of nitrogens with one attached hydrogen (secondary N) is 1. The first kappa shape index (κ1) is 16.3. The molecule has 0 saturated carbocycles. The molecule has 1 amide bonds. The van der Waals surface area contributed by atoms with Crippen molar-refractivity contribution in [1.29, 1.82) is 0 Å². The van der Waals surface area contributed by atoms with E-state index in [1.165, 1.54) is 19.3 Å². The standard InChI is InChI=1S/C20H26N4O/c1-23-18(12-16(20(23)25)14-24-10-6-3-7-11-24)19-21-13-17(22-19)15-8-4-2-5-9-15/h2,4-5,8-9,13,16,18H,3,6-7,10-12,14H2,1H3,(H,21,22)/t16-,18+/m1/s1. The summed E-state index contributed by atoms with van der Waals surface area (Å²) in [6, 6.07) is 10.3. The van der Waals surface area contributed by atoms with E-state index in [0.29, 0.717) is 0 Å². The Kier molecular flexibility index (Phi) is 4.57. The van der Waals surface area contributed by atoms with Crippen LogP contribution in [0.2, 0.25) is 0 Å². The minimum Gasteiger partial charge on any atom is -0.340 e. The molecule has 5 heteroatoms. The van der Waals surface area contributed by atoms with Crippen molar-refractivity contribution in [3.63, 3.8) is 0 Å². The summed E-state index contributed by atoms with van der Waals surface area (Å²) in [6.45, 7) is 3.17. The van der Waals surface area contributed by atoms with Gasteiger partial charge in [0.15, 0.2) is 0 Å². The summed E-state index contributed by atoms with van der Waals surface area (Å²) in [5.41, 5.74) is 2.13. The number of likely N-dealkylation sites (tertiary alicyclic amines) is 2. The molecule has 0 radical (unpaired) electrons. The fourth-order valence-corrected chi connectivity index (χ4v) is 4.14. The minimum absolute atomic E-state index is 0.0553. The van der Waals surface area contributed by atoms with E-state index in [4.69, 9.17) is 0 Å². The molecular weight excluding hydrogens is 312 g/mol. The molecule has 4 rings (SSSR count). The van der Waals surface area contributed by atoms with Crippen LogP contribution >= 0.6 is 0 Å². The first-order chi connectivity index (χ1) is 12.2. The van der Waals surface area contributed by atoms with Crippen molar-refractivity contribution in [3.05, 3.63) is 42.4 Å². The van der Waals surface area contributed by atoms with Crippen LogP contribution in [0.4, 0.5) is 0 Å². The van der Waals surface area contributed by atoms with Gasteiger partial charge in [-0.15, -0.1) is 0 Å². The highest BCUT2D eigenvalue weighted by Gasteiger charge is 2.40. The Bertz CT molecular complexity index is 720. The monoisotopic (exact) mass is 338 g/mol. The number of rotatable bonds is 4. The molecule has 3 heterocycles. The van der Waals surface area contributed by atoms with Gasteiger partial charge in [0.05, 0.1) is 23.9 Å². The summed E-state index contributed by atoms with van der Waals surface area (Å²) in [5, 5.41) is 0. The largest absolute Gasteiger partial charge is 0.340 e. The van der Waals surface area contributed by atoms with Crippen LogP contribution in [0.1, 0.15) is 37.5 Å². The molecule has 0 aliphatic carbocycles. The lowest BCUT2D eigenvalue weighted by Crippen LogP contribution is -2.37. The summed E-state index contributed by atoms with van der Waals surface area (Å²) in [6.07, 6.45) is 6.58. The predicted octanol–water partition coefficient (Wildman–Crippen LogP) is 3.08. The maximum absolute atomic E-state index is 12.7. The van der Waals surface area contributed by atoms with Gasteiger partial charge in [-0.1, -0.05) is 36.8 Å². The highest BCUT2D eigenvalue weighted by Crippen LogP contribution is 2.35. The number of H-pyrrole nitrogens is 1. The van der Waals surface area contributed by atoms with Crippen molar-refractivity contribution in [2.24, 2.45) is 5.92 Å². The molecule has 5 nitrogen and oxygen atoms in total. The Balaban J connectivity index is 1.47. The van der Waals surface area contributed by atoms with Gasteiger partial charge in [0.25, 0.3) is 0 Å². The van der Waals surface area contributed by atoms with Gasteiger partial charge in [-0.3, -0.25) is 4.79 Å². The Morgan fingerprint density at radius 2 is 1.92 bits per heavy atom. The maximum Gasteiger partial charge on any atom is 0.227 e. The third kappa shape index (κ3) is 3.33. The average Bonchev–Trinajstić information content (AvgIpc) is 3.24. The average molecular weight is 338 g/mol. The lowest BCUT2D eigenvalue weighted by atomic mass is 10.0. The SMILES string of the molecule is CN1C(=O)[C@@H](CN2CCCCC2)C[C@H]1c1ncc(-c2ccccc2)[nH]1. The smallest absolute Gasteiger partial charge is 0.227 e. The minimum atomic E-state index is 0.0553. The zero-order chi connectivity index (χ0) is 17.2. The topological polar surface area (TPSA) is 52.2 Å². The Hall–Kier alpha value is -2.14. The second kappa shape index (κ2) is 7.00.